The molecule has 1 aliphatic heterocycles. The Morgan fingerprint density at radius 2 is 2.44 bits per heavy atom. The van der Waals surface area contributed by atoms with Crippen molar-refractivity contribution in [1.29, 1.82) is 0 Å². The van der Waals surface area contributed by atoms with Crippen molar-refractivity contribution in [3.8, 4) is 0 Å². The first kappa shape index (κ1) is 7.89. The van der Waals surface area contributed by atoms with E-state index in [4.69, 9.17) is 8.46 Å². The molecule has 1 atom stereocenters. The zero-order valence-electron chi connectivity index (χ0n) is 5.97. The third kappa shape index (κ3) is 2.48. The zero-order valence-corrected chi connectivity index (χ0v) is 9.26. The summed E-state index contributed by atoms with van der Waals surface area (Å²) in [5, 5.41) is 0. The van der Waals surface area contributed by atoms with Gasteiger partial charge in [-0.15, -0.1) is 0 Å². The minimum absolute atomic E-state index is 0.532. The molecular formula is C6H14InNO. The van der Waals surface area contributed by atoms with Gasteiger partial charge in [-0.3, -0.25) is 0 Å². The van der Waals surface area contributed by atoms with Crippen LogP contribution < -0.4 is 3.72 Å². The summed E-state index contributed by atoms with van der Waals surface area (Å²) in [6, 6.07) is 0. The fraction of sp³-hybridized carbons (Fsp3) is 1.00. The van der Waals surface area contributed by atoms with Crippen LogP contribution in [-0.2, 0) is 4.74 Å². The molecule has 0 aromatic carbocycles. The quantitative estimate of drug-likeness (QED) is 0.722. The van der Waals surface area contributed by atoms with Crippen molar-refractivity contribution in [2.24, 2.45) is 3.72 Å². The number of nitrogens with two attached hydrogens (primary N) is 1. The average molecular weight is 231 g/mol. The second-order valence-corrected chi connectivity index (χ2v) is 10.1. The summed E-state index contributed by atoms with van der Waals surface area (Å²) in [5.74, 6) is 0. The summed E-state index contributed by atoms with van der Waals surface area (Å²) in [4.78, 5) is 0. The van der Waals surface area contributed by atoms with Gasteiger partial charge >= 0.3 is 64.6 Å². The first-order valence-corrected chi connectivity index (χ1v) is 10.2. The van der Waals surface area contributed by atoms with E-state index in [0.717, 1.165) is 0 Å². The van der Waals surface area contributed by atoms with Crippen LogP contribution in [-0.4, -0.2) is 34.9 Å². The van der Waals surface area contributed by atoms with Crippen molar-refractivity contribution in [2.45, 2.75) is 27.3 Å². The Bertz CT molecular complexity index is 89.1. The van der Waals surface area contributed by atoms with E-state index in [1.165, 1.54) is 21.2 Å². The van der Waals surface area contributed by atoms with Gasteiger partial charge in [-0.2, -0.15) is 0 Å². The molecular weight excluding hydrogens is 217 g/mol. The van der Waals surface area contributed by atoms with Crippen molar-refractivity contribution >= 4 is 21.7 Å². The van der Waals surface area contributed by atoms with Crippen LogP contribution in [0.5, 0.6) is 0 Å². The Hall–Kier alpha value is 0.790. The van der Waals surface area contributed by atoms with Gasteiger partial charge in [-0.25, -0.2) is 0 Å². The van der Waals surface area contributed by atoms with Gasteiger partial charge in [-0.1, -0.05) is 0 Å². The van der Waals surface area contributed by atoms with Crippen molar-refractivity contribution < 1.29 is 4.74 Å². The van der Waals surface area contributed by atoms with E-state index in [2.05, 4.69) is 0 Å². The van der Waals surface area contributed by atoms with Crippen LogP contribution in [0.1, 0.15) is 12.8 Å². The number of hydrogen-bond donors (Lipinski definition) is 1. The van der Waals surface area contributed by atoms with E-state index in [9.17, 15) is 0 Å². The summed E-state index contributed by atoms with van der Waals surface area (Å²) in [6.07, 6.45) is 3.11. The van der Waals surface area contributed by atoms with E-state index in [0.29, 0.717) is 6.10 Å². The Labute approximate surface area is 64.7 Å². The number of rotatable bonds is 1. The monoisotopic (exact) mass is 231 g/mol. The molecule has 1 unspecified atom stereocenters. The fourth-order valence-electron chi connectivity index (χ4n) is 1.40. The molecule has 0 aliphatic carbocycles. The van der Waals surface area contributed by atoms with E-state index in [1.54, 1.807) is 7.11 Å². The van der Waals surface area contributed by atoms with Crippen molar-refractivity contribution in [1.82, 2.24) is 0 Å². The first-order valence-electron chi connectivity index (χ1n) is 3.61. The predicted octanol–water partition coefficient (Wildman–Crippen LogP) is 0.745. The van der Waals surface area contributed by atoms with E-state index < -0.39 is 21.7 Å². The van der Waals surface area contributed by atoms with E-state index in [-0.39, 0.29) is 0 Å². The standard InChI is InChI=1S/C6H12O.In.H2N/c1-4-5-6(2)7-3;;/h6H,1-2,4-5H2,3H3;;1H2/q;+1;-1. The molecule has 52 valence electrons. The number of methoxy groups -OCH3 is 1. The molecule has 9 heavy (non-hydrogen) atoms. The summed E-state index contributed by atoms with van der Waals surface area (Å²) < 4.78 is 13.8. The van der Waals surface area contributed by atoms with Crippen LogP contribution in [0, 0.1) is 0 Å². The van der Waals surface area contributed by atoms with Crippen LogP contribution in [0.4, 0.5) is 0 Å². The van der Waals surface area contributed by atoms with Gasteiger partial charge in [0.1, 0.15) is 0 Å². The Kier molecular flexibility index (Phi) is 3.37. The van der Waals surface area contributed by atoms with Crippen molar-refractivity contribution in [3.63, 3.8) is 0 Å². The van der Waals surface area contributed by atoms with Gasteiger partial charge < -0.3 is 0 Å². The number of hydrogen-bond acceptors (Lipinski definition) is 2. The molecule has 0 radical (unpaired) electrons. The van der Waals surface area contributed by atoms with Crippen LogP contribution in [0.3, 0.4) is 0 Å². The fourth-order valence-corrected chi connectivity index (χ4v) is 7.39. The minimum atomic E-state index is -1.40. The SMILES string of the molecule is COC1CC[CH2][In]([NH2])[CH2]1. The van der Waals surface area contributed by atoms with Gasteiger partial charge in [0.2, 0.25) is 0 Å². The van der Waals surface area contributed by atoms with Crippen LogP contribution in [0.2, 0.25) is 8.35 Å². The molecule has 0 aromatic heterocycles. The normalized spacial score (nSPS) is 28.7. The molecule has 1 saturated heterocycles. The molecule has 1 fully saturated rings. The van der Waals surface area contributed by atoms with Crippen LogP contribution >= 0.6 is 0 Å². The molecule has 0 amide bonds. The summed E-state index contributed by atoms with van der Waals surface area (Å²) in [7, 11) is 1.80. The Balaban J connectivity index is 2.23. The Morgan fingerprint density at radius 1 is 1.67 bits per heavy atom. The molecule has 0 saturated carbocycles. The van der Waals surface area contributed by atoms with Gasteiger partial charge in [0.05, 0.1) is 0 Å². The maximum atomic E-state index is 5.93. The molecule has 3 heteroatoms. The third-order valence-corrected chi connectivity index (χ3v) is 8.51. The van der Waals surface area contributed by atoms with E-state index >= 15 is 0 Å². The summed E-state index contributed by atoms with van der Waals surface area (Å²) >= 11 is -1.40. The van der Waals surface area contributed by atoms with Gasteiger partial charge in [0, 0.05) is 0 Å². The van der Waals surface area contributed by atoms with Crippen LogP contribution in [0.15, 0.2) is 0 Å². The third-order valence-electron chi connectivity index (χ3n) is 2.00. The first-order chi connectivity index (χ1) is 4.33. The summed E-state index contributed by atoms with van der Waals surface area (Å²) in [6.45, 7) is 0. The summed E-state index contributed by atoms with van der Waals surface area (Å²) in [5.41, 5.74) is 0. The zero-order chi connectivity index (χ0) is 6.69. The molecule has 0 spiro atoms. The maximum absolute atomic E-state index is 5.93. The van der Waals surface area contributed by atoms with Crippen molar-refractivity contribution in [3.05, 3.63) is 0 Å². The molecule has 1 rings (SSSR count). The molecule has 2 nitrogen and oxygen atoms in total. The Morgan fingerprint density at radius 3 is 2.89 bits per heavy atom. The topological polar surface area (TPSA) is 35.2 Å². The predicted molar refractivity (Wildman–Crippen MR) is 39.6 cm³/mol. The second-order valence-electron chi connectivity index (χ2n) is 2.78. The molecule has 1 aliphatic rings. The second kappa shape index (κ2) is 3.84. The number of ether oxygens (including phenoxy) is 1. The van der Waals surface area contributed by atoms with Crippen molar-refractivity contribution in [2.75, 3.05) is 7.11 Å². The van der Waals surface area contributed by atoms with Gasteiger partial charge in [-0.05, 0) is 0 Å². The van der Waals surface area contributed by atoms with E-state index in [1.807, 2.05) is 0 Å². The van der Waals surface area contributed by atoms with Gasteiger partial charge in [0.25, 0.3) is 0 Å². The molecule has 0 aromatic rings. The van der Waals surface area contributed by atoms with Gasteiger partial charge in [0.15, 0.2) is 0 Å². The molecule has 2 N–H and O–H groups in total. The molecule has 1 heterocycles. The molecule has 0 bridgehead atoms. The van der Waals surface area contributed by atoms with Crippen LogP contribution in [0.25, 0.3) is 0 Å². The average Bonchev–Trinajstić information content (AvgIpc) is 1.88.